The number of aromatic nitrogens is 6. The predicted octanol–water partition coefficient (Wildman–Crippen LogP) is 6.59. The summed E-state index contributed by atoms with van der Waals surface area (Å²) < 4.78 is 0. The van der Waals surface area contributed by atoms with E-state index in [0.717, 1.165) is 62.9 Å². The number of aryl methyl sites for hydroxylation is 4. The second-order valence-electron chi connectivity index (χ2n) is 9.77. The zero-order valence-electron chi connectivity index (χ0n) is 20.0. The fraction of sp³-hybridized carbons (Fsp3) is 0.133. The Bertz CT molecular complexity index is 2030. The standard InChI is InChI=1S/C30H22N6/c1-15-33-26-10-9-21-20-6-3-17(11-19(20)5-8-22(21)27(26)34-15)18-4-7-23-24(12-18)25-13-31-14-32-28(25)30-29(23)35-16(2)36-30/h3-8,11-14H,9-10H2,1-2H3,(H,33,34)(H,35,36). The number of hydrogen-bond donors (Lipinski definition) is 2. The second-order valence-corrected chi connectivity index (χ2v) is 9.77. The van der Waals surface area contributed by atoms with Crippen LogP contribution in [0, 0.1) is 13.8 Å². The summed E-state index contributed by atoms with van der Waals surface area (Å²) in [7, 11) is 0. The van der Waals surface area contributed by atoms with Crippen LogP contribution in [0.1, 0.15) is 22.9 Å². The van der Waals surface area contributed by atoms with Crippen molar-refractivity contribution in [2.75, 3.05) is 0 Å². The van der Waals surface area contributed by atoms with Crippen molar-refractivity contribution in [3.8, 4) is 22.4 Å². The van der Waals surface area contributed by atoms with Crippen LogP contribution in [0.5, 0.6) is 0 Å². The lowest BCUT2D eigenvalue weighted by Gasteiger charge is -2.18. The third-order valence-electron chi connectivity index (χ3n) is 7.58. The summed E-state index contributed by atoms with van der Waals surface area (Å²) in [5.74, 6) is 1.87. The van der Waals surface area contributed by atoms with Gasteiger partial charge in [-0.1, -0.05) is 36.4 Å². The van der Waals surface area contributed by atoms with Crippen LogP contribution in [0.4, 0.5) is 0 Å². The van der Waals surface area contributed by atoms with Crippen LogP contribution in [-0.4, -0.2) is 29.9 Å². The van der Waals surface area contributed by atoms with Gasteiger partial charge in [-0.3, -0.25) is 0 Å². The molecule has 0 amide bonds. The van der Waals surface area contributed by atoms with Crippen molar-refractivity contribution in [3.05, 3.63) is 84.0 Å². The van der Waals surface area contributed by atoms with E-state index in [0.29, 0.717) is 0 Å². The second kappa shape index (κ2) is 6.98. The van der Waals surface area contributed by atoms with Gasteiger partial charge in [0, 0.05) is 28.2 Å². The van der Waals surface area contributed by atoms with Crippen LogP contribution in [0.3, 0.4) is 0 Å². The van der Waals surface area contributed by atoms with Crippen molar-refractivity contribution in [1.29, 1.82) is 0 Å². The Morgan fingerprint density at radius 1 is 0.722 bits per heavy atom. The normalized spacial score (nSPS) is 13.1. The van der Waals surface area contributed by atoms with E-state index in [1.165, 1.54) is 38.7 Å². The van der Waals surface area contributed by atoms with Crippen molar-refractivity contribution in [2.45, 2.75) is 26.7 Å². The van der Waals surface area contributed by atoms with Gasteiger partial charge < -0.3 is 9.97 Å². The minimum absolute atomic E-state index is 0.886. The Balaban J connectivity index is 1.32. The van der Waals surface area contributed by atoms with Gasteiger partial charge in [0.1, 0.15) is 18.0 Å². The molecule has 2 N–H and O–H groups in total. The summed E-state index contributed by atoms with van der Waals surface area (Å²) in [6.45, 7) is 4.01. The zero-order valence-corrected chi connectivity index (χ0v) is 20.0. The van der Waals surface area contributed by atoms with Crippen LogP contribution in [0.2, 0.25) is 0 Å². The molecular weight excluding hydrogens is 444 g/mol. The average molecular weight is 467 g/mol. The van der Waals surface area contributed by atoms with E-state index in [1.807, 2.05) is 20.0 Å². The fourth-order valence-corrected chi connectivity index (χ4v) is 6.00. The number of H-pyrrole nitrogens is 2. The monoisotopic (exact) mass is 466 g/mol. The van der Waals surface area contributed by atoms with E-state index in [2.05, 4.69) is 68.5 Å². The fourth-order valence-electron chi connectivity index (χ4n) is 6.00. The first-order chi connectivity index (χ1) is 17.6. The molecule has 0 atom stereocenters. The van der Waals surface area contributed by atoms with Crippen molar-refractivity contribution in [1.82, 2.24) is 29.9 Å². The lowest BCUT2D eigenvalue weighted by atomic mass is 9.87. The quantitative estimate of drug-likeness (QED) is 0.268. The first-order valence-corrected chi connectivity index (χ1v) is 12.3. The van der Waals surface area contributed by atoms with Gasteiger partial charge in [-0.05, 0) is 71.7 Å². The molecule has 172 valence electrons. The van der Waals surface area contributed by atoms with Gasteiger partial charge in [-0.15, -0.1) is 0 Å². The molecule has 0 spiro atoms. The third-order valence-corrected chi connectivity index (χ3v) is 7.58. The predicted molar refractivity (Wildman–Crippen MR) is 144 cm³/mol. The number of fused-ring (bicyclic) bond motifs is 11. The van der Waals surface area contributed by atoms with E-state index in [1.54, 1.807) is 6.33 Å². The van der Waals surface area contributed by atoms with E-state index in [-0.39, 0.29) is 0 Å². The van der Waals surface area contributed by atoms with Crippen LogP contribution in [0.25, 0.3) is 65.9 Å². The Morgan fingerprint density at radius 2 is 1.56 bits per heavy atom. The SMILES string of the molecule is Cc1nc2c([nH]1)CCc1c-2ccc2cc(-c3ccc4c(c3)c3cncnc3c3[nH]c(C)nc43)ccc12. The number of aromatic amines is 2. The summed E-state index contributed by atoms with van der Waals surface area (Å²) in [4.78, 5) is 25.3. The van der Waals surface area contributed by atoms with E-state index in [9.17, 15) is 0 Å². The molecule has 3 heterocycles. The van der Waals surface area contributed by atoms with E-state index >= 15 is 0 Å². The molecule has 8 rings (SSSR count). The molecule has 0 radical (unpaired) electrons. The average Bonchev–Trinajstić information content (AvgIpc) is 3.49. The highest BCUT2D eigenvalue weighted by Gasteiger charge is 2.21. The van der Waals surface area contributed by atoms with Gasteiger partial charge in [-0.2, -0.15) is 0 Å². The maximum absolute atomic E-state index is 4.77. The van der Waals surface area contributed by atoms with Crippen molar-refractivity contribution < 1.29 is 0 Å². The number of imidazole rings is 2. The van der Waals surface area contributed by atoms with Gasteiger partial charge in [0.2, 0.25) is 0 Å². The van der Waals surface area contributed by atoms with Crippen molar-refractivity contribution >= 4 is 43.5 Å². The zero-order chi connectivity index (χ0) is 24.0. The number of nitrogens with zero attached hydrogens (tertiary/aromatic N) is 4. The summed E-state index contributed by atoms with van der Waals surface area (Å²) in [5, 5.41) is 5.84. The lowest BCUT2D eigenvalue weighted by molar-refractivity contribution is 0.912. The first-order valence-electron chi connectivity index (χ1n) is 12.3. The molecule has 7 aromatic rings. The third kappa shape index (κ3) is 2.67. The Kier molecular flexibility index (Phi) is 3.82. The Labute approximate surface area is 206 Å². The molecule has 1 aliphatic carbocycles. The highest BCUT2D eigenvalue weighted by molar-refractivity contribution is 6.22. The number of hydrogen-bond acceptors (Lipinski definition) is 4. The molecule has 0 aliphatic heterocycles. The molecule has 0 saturated carbocycles. The summed E-state index contributed by atoms with van der Waals surface area (Å²) in [6, 6.07) is 17.9. The van der Waals surface area contributed by atoms with Gasteiger partial charge in [-0.25, -0.2) is 19.9 Å². The molecule has 1 aliphatic rings. The van der Waals surface area contributed by atoms with Crippen molar-refractivity contribution in [2.24, 2.45) is 0 Å². The highest BCUT2D eigenvalue weighted by atomic mass is 14.9. The van der Waals surface area contributed by atoms with Gasteiger partial charge >= 0.3 is 0 Å². The largest absolute Gasteiger partial charge is 0.346 e. The van der Waals surface area contributed by atoms with Crippen LogP contribution in [0.15, 0.2) is 61.1 Å². The van der Waals surface area contributed by atoms with Crippen LogP contribution < -0.4 is 0 Å². The summed E-state index contributed by atoms with van der Waals surface area (Å²) >= 11 is 0. The molecular formula is C30H22N6. The van der Waals surface area contributed by atoms with Crippen LogP contribution in [-0.2, 0) is 12.8 Å². The molecule has 0 saturated heterocycles. The minimum Gasteiger partial charge on any atom is -0.346 e. The molecule has 0 unspecified atom stereocenters. The maximum Gasteiger partial charge on any atom is 0.116 e. The van der Waals surface area contributed by atoms with E-state index in [4.69, 9.17) is 9.97 Å². The van der Waals surface area contributed by atoms with Gasteiger partial charge in [0.05, 0.1) is 22.2 Å². The van der Waals surface area contributed by atoms with E-state index < -0.39 is 0 Å². The van der Waals surface area contributed by atoms with Crippen LogP contribution >= 0.6 is 0 Å². The lowest BCUT2D eigenvalue weighted by Crippen LogP contribution is -2.04. The molecule has 3 aromatic heterocycles. The minimum atomic E-state index is 0.886. The smallest absolute Gasteiger partial charge is 0.116 e. The van der Waals surface area contributed by atoms with Gasteiger partial charge in [0.25, 0.3) is 0 Å². The molecule has 36 heavy (non-hydrogen) atoms. The Hall–Kier alpha value is -4.58. The number of benzene rings is 4. The molecule has 0 fully saturated rings. The molecule has 6 nitrogen and oxygen atoms in total. The first kappa shape index (κ1) is 19.7. The van der Waals surface area contributed by atoms with Gasteiger partial charge in [0.15, 0.2) is 0 Å². The maximum atomic E-state index is 4.77. The van der Waals surface area contributed by atoms with Crippen molar-refractivity contribution in [3.63, 3.8) is 0 Å². The molecule has 4 aromatic carbocycles. The summed E-state index contributed by atoms with van der Waals surface area (Å²) in [6.07, 6.45) is 5.54. The highest BCUT2D eigenvalue weighted by Crippen LogP contribution is 2.39. The number of rotatable bonds is 1. The Morgan fingerprint density at radius 3 is 2.47 bits per heavy atom. The number of nitrogens with one attached hydrogen (secondary N) is 2. The molecule has 6 heteroatoms. The topological polar surface area (TPSA) is 83.1 Å². The molecule has 0 bridgehead atoms. The summed E-state index contributed by atoms with van der Waals surface area (Å²) in [5.41, 5.74) is 10.2.